The Balaban J connectivity index is 2.54. The van der Waals surface area contributed by atoms with E-state index in [1.807, 2.05) is 6.92 Å². The molecule has 0 aromatic carbocycles. The summed E-state index contributed by atoms with van der Waals surface area (Å²) in [6.45, 7) is 1.92. The quantitative estimate of drug-likeness (QED) is 0.387. The van der Waals surface area contributed by atoms with Gasteiger partial charge >= 0.3 is 0 Å². The maximum Gasteiger partial charge on any atom is 0.0728 e. The maximum atomic E-state index is 9.96. The topological polar surface area (TPSA) is 19.9 Å². The van der Waals surface area contributed by atoms with E-state index in [-0.39, 0.29) is 5.73 Å². The number of hydrogen-bond donors (Lipinski definition) is 0. The minimum atomic E-state index is -0.227. The van der Waals surface area contributed by atoms with Crippen molar-refractivity contribution in [2.75, 3.05) is 0 Å². The average molecular weight is 89.2 g/mol. The van der Waals surface area contributed by atoms with Gasteiger partial charge in [0.25, 0.3) is 0 Å². The van der Waals surface area contributed by atoms with Gasteiger partial charge in [0, 0.05) is 10.2 Å². The summed E-state index contributed by atoms with van der Waals surface area (Å²) in [4.78, 5) is 0. The molecule has 0 fully saturated rings. The van der Waals surface area contributed by atoms with Crippen LogP contribution in [0, 0.1) is 0 Å². The van der Waals surface area contributed by atoms with Gasteiger partial charge in [0.1, 0.15) is 0 Å². The van der Waals surface area contributed by atoms with Crippen LogP contribution in [0.3, 0.4) is 0 Å². The third kappa shape index (κ3) is 4.18. The molecule has 0 aliphatic rings. The minimum absolute atomic E-state index is 0.227. The molecular formula is C3H9OSi. The van der Waals surface area contributed by atoms with E-state index in [9.17, 15) is 5.11 Å². The molecule has 0 spiro atoms. The van der Waals surface area contributed by atoms with Crippen LogP contribution in [0.25, 0.3) is 0 Å². The zero-order valence-corrected chi connectivity index (χ0v) is 5.69. The van der Waals surface area contributed by atoms with Gasteiger partial charge in [-0.05, 0) is 6.42 Å². The first kappa shape index (κ1) is 5.18. The first-order chi connectivity index (χ1) is 2.27. The Morgan fingerprint density at radius 3 is 2.20 bits per heavy atom. The van der Waals surface area contributed by atoms with E-state index in [0.29, 0.717) is 0 Å². The monoisotopic (exact) mass is 89.0 g/mol. The predicted octanol–water partition coefficient (Wildman–Crippen LogP) is -0.482. The Kier molecular flexibility index (Phi) is 2.50. The maximum absolute atomic E-state index is 9.96. The van der Waals surface area contributed by atoms with Gasteiger partial charge in [-0.25, -0.2) is 5.11 Å². The van der Waals surface area contributed by atoms with E-state index >= 15 is 0 Å². The highest BCUT2D eigenvalue weighted by atomic mass is 28.1. The molecule has 5 heavy (non-hydrogen) atoms. The third-order valence-corrected chi connectivity index (χ3v) is 1.39. The molecule has 0 saturated heterocycles. The molecular weight excluding hydrogens is 80.1 g/mol. The SMILES string of the molecule is CCC([O])[SiH3]. The van der Waals surface area contributed by atoms with Crippen molar-refractivity contribution in [2.45, 2.75) is 19.1 Å². The van der Waals surface area contributed by atoms with Gasteiger partial charge in [-0.2, -0.15) is 0 Å². The molecule has 0 rings (SSSR count). The van der Waals surface area contributed by atoms with Crippen LogP contribution >= 0.6 is 0 Å². The smallest absolute Gasteiger partial charge is 0.0728 e. The first-order valence-electron chi connectivity index (χ1n) is 1.93. The van der Waals surface area contributed by atoms with Gasteiger partial charge in [-0.15, -0.1) is 0 Å². The lowest BCUT2D eigenvalue weighted by atomic mass is 10.5. The van der Waals surface area contributed by atoms with Crippen LogP contribution < -0.4 is 0 Å². The van der Waals surface area contributed by atoms with E-state index < -0.39 is 0 Å². The lowest BCUT2D eigenvalue weighted by Crippen LogP contribution is -1.98. The summed E-state index contributed by atoms with van der Waals surface area (Å²) in [5.41, 5.74) is -0.227. The molecule has 31 valence electrons. The fourth-order valence-electron chi connectivity index (χ4n) is 0. The van der Waals surface area contributed by atoms with Crippen molar-refractivity contribution in [1.82, 2.24) is 0 Å². The van der Waals surface area contributed by atoms with Crippen molar-refractivity contribution in [3.8, 4) is 0 Å². The first-order valence-corrected chi connectivity index (χ1v) is 3.08. The summed E-state index contributed by atoms with van der Waals surface area (Å²) in [7, 11) is 0.814. The Labute approximate surface area is 35.4 Å². The molecule has 1 radical (unpaired) electrons. The highest BCUT2D eigenvalue weighted by molar-refractivity contribution is 6.10. The van der Waals surface area contributed by atoms with Gasteiger partial charge in [0.05, 0.1) is 5.73 Å². The molecule has 0 aliphatic heterocycles. The van der Waals surface area contributed by atoms with Crippen LogP contribution in [-0.4, -0.2) is 16.0 Å². The summed E-state index contributed by atoms with van der Waals surface area (Å²) < 4.78 is 0. The second kappa shape index (κ2) is 2.42. The zero-order valence-electron chi connectivity index (χ0n) is 3.69. The van der Waals surface area contributed by atoms with Gasteiger partial charge in [0.2, 0.25) is 0 Å². The predicted molar refractivity (Wildman–Crippen MR) is 24.7 cm³/mol. The van der Waals surface area contributed by atoms with Gasteiger partial charge in [-0.1, -0.05) is 6.92 Å². The van der Waals surface area contributed by atoms with E-state index in [2.05, 4.69) is 0 Å². The van der Waals surface area contributed by atoms with Gasteiger partial charge < -0.3 is 0 Å². The average Bonchev–Trinajstić information content (AvgIpc) is 1.38. The largest absolute Gasteiger partial charge is 0.238 e. The Morgan fingerprint density at radius 2 is 2.20 bits per heavy atom. The molecule has 2 heteroatoms. The Morgan fingerprint density at radius 1 is 2.00 bits per heavy atom. The number of rotatable bonds is 1. The second-order valence-corrected chi connectivity index (χ2v) is 2.51. The molecule has 1 unspecified atom stereocenters. The van der Waals surface area contributed by atoms with Crippen molar-refractivity contribution in [1.29, 1.82) is 0 Å². The minimum Gasteiger partial charge on any atom is -0.238 e. The van der Waals surface area contributed by atoms with Gasteiger partial charge in [-0.3, -0.25) is 0 Å². The van der Waals surface area contributed by atoms with Crippen LogP contribution in [0.2, 0.25) is 0 Å². The van der Waals surface area contributed by atoms with Crippen molar-refractivity contribution >= 4 is 10.2 Å². The lowest BCUT2D eigenvalue weighted by Gasteiger charge is -1.86. The van der Waals surface area contributed by atoms with E-state index in [0.717, 1.165) is 16.7 Å². The van der Waals surface area contributed by atoms with Crippen LogP contribution in [0.5, 0.6) is 0 Å². The normalized spacial score (nSPS) is 15.6. The van der Waals surface area contributed by atoms with E-state index in [1.54, 1.807) is 0 Å². The zero-order chi connectivity index (χ0) is 4.28. The molecule has 0 aromatic rings. The molecule has 0 saturated carbocycles. The summed E-state index contributed by atoms with van der Waals surface area (Å²) >= 11 is 0. The summed E-state index contributed by atoms with van der Waals surface area (Å²) in [6.07, 6.45) is 0.812. The van der Waals surface area contributed by atoms with Gasteiger partial charge in [0.15, 0.2) is 0 Å². The molecule has 1 atom stereocenters. The highest BCUT2D eigenvalue weighted by Gasteiger charge is 1.85. The van der Waals surface area contributed by atoms with Crippen molar-refractivity contribution in [2.24, 2.45) is 0 Å². The van der Waals surface area contributed by atoms with Crippen molar-refractivity contribution in [3.05, 3.63) is 0 Å². The molecule has 0 N–H and O–H groups in total. The van der Waals surface area contributed by atoms with Crippen LogP contribution in [0.4, 0.5) is 0 Å². The van der Waals surface area contributed by atoms with Crippen LogP contribution in [0.1, 0.15) is 13.3 Å². The fraction of sp³-hybridized carbons (Fsp3) is 1.00. The second-order valence-electron chi connectivity index (χ2n) is 1.22. The fourth-order valence-corrected chi connectivity index (χ4v) is 0. The Hall–Kier alpha value is 0.177. The van der Waals surface area contributed by atoms with E-state index in [1.165, 1.54) is 0 Å². The molecule has 0 aliphatic carbocycles. The number of hydrogen-bond acceptors (Lipinski definition) is 0. The van der Waals surface area contributed by atoms with Crippen molar-refractivity contribution < 1.29 is 5.11 Å². The Bertz CT molecular complexity index is 20.9. The summed E-state index contributed by atoms with van der Waals surface area (Å²) in [5.74, 6) is 0. The lowest BCUT2D eigenvalue weighted by molar-refractivity contribution is 0.155. The summed E-state index contributed by atoms with van der Waals surface area (Å²) in [5, 5.41) is 9.96. The van der Waals surface area contributed by atoms with Crippen molar-refractivity contribution in [3.63, 3.8) is 0 Å². The van der Waals surface area contributed by atoms with E-state index in [4.69, 9.17) is 0 Å². The molecule has 1 nitrogen and oxygen atoms in total. The molecule has 0 heterocycles. The molecule has 0 bridgehead atoms. The molecule has 0 amide bonds. The highest BCUT2D eigenvalue weighted by Crippen LogP contribution is 1.77. The molecule has 0 aromatic heterocycles. The standard InChI is InChI=1S/C3H9OSi/c1-2-3(4)5/h3H,2H2,1,5H3. The van der Waals surface area contributed by atoms with Crippen LogP contribution in [-0.2, 0) is 5.11 Å². The van der Waals surface area contributed by atoms with Crippen LogP contribution in [0.15, 0.2) is 0 Å². The summed E-state index contributed by atoms with van der Waals surface area (Å²) in [6, 6.07) is 0. The third-order valence-electron chi connectivity index (χ3n) is 0.575.